The summed E-state index contributed by atoms with van der Waals surface area (Å²) >= 11 is 1.44. The molecular weight excluding hydrogens is 136 g/mol. The van der Waals surface area contributed by atoms with Crippen molar-refractivity contribution in [2.24, 2.45) is 5.16 Å². The van der Waals surface area contributed by atoms with Crippen LogP contribution in [-0.2, 0) is 0 Å². The molecule has 0 atom stereocenters. The third kappa shape index (κ3) is 1.20. The lowest BCUT2D eigenvalue weighted by Gasteiger charge is -1.83. The Hall–Kier alpha value is -1.03. The number of thiophene rings is 1. The average molecular weight is 142 g/mol. The van der Waals surface area contributed by atoms with E-state index in [0.717, 1.165) is 4.88 Å². The highest BCUT2D eigenvalue weighted by molar-refractivity contribution is 7.12. The van der Waals surface area contributed by atoms with Crippen molar-refractivity contribution >= 4 is 23.2 Å². The van der Waals surface area contributed by atoms with Crippen molar-refractivity contribution in [1.29, 1.82) is 0 Å². The molecular formula is C5H6N2OS. The van der Waals surface area contributed by atoms with Gasteiger partial charge in [-0.1, -0.05) is 5.16 Å². The molecule has 0 saturated heterocycles. The first-order valence-corrected chi connectivity index (χ1v) is 3.23. The summed E-state index contributed by atoms with van der Waals surface area (Å²) in [6.07, 6.45) is 1.32. The molecule has 9 heavy (non-hydrogen) atoms. The summed E-state index contributed by atoms with van der Waals surface area (Å²) in [4.78, 5) is 0.789. The largest absolute Gasteiger partial charge is 0.411 e. The molecule has 0 aliphatic heterocycles. The number of hydrogen-bond donors (Lipinski definition) is 2. The Balaban J connectivity index is 2.94. The number of nitrogen functional groups attached to an aromatic ring is 1. The van der Waals surface area contributed by atoms with Gasteiger partial charge in [-0.2, -0.15) is 0 Å². The number of nitrogens with two attached hydrogens (primary N) is 1. The van der Waals surface area contributed by atoms with Gasteiger partial charge in [-0.05, 0) is 11.4 Å². The van der Waals surface area contributed by atoms with Crippen molar-refractivity contribution in [3.05, 3.63) is 16.3 Å². The molecule has 0 spiro atoms. The van der Waals surface area contributed by atoms with Crippen LogP contribution in [0.2, 0.25) is 0 Å². The SMILES string of the molecule is Nc1ccsc1/C=N/O. The van der Waals surface area contributed by atoms with Crippen molar-refractivity contribution < 1.29 is 5.21 Å². The second-order valence-corrected chi connectivity index (χ2v) is 2.43. The van der Waals surface area contributed by atoms with Crippen molar-refractivity contribution in [2.45, 2.75) is 0 Å². The van der Waals surface area contributed by atoms with Crippen LogP contribution in [0.15, 0.2) is 16.6 Å². The highest BCUT2D eigenvalue weighted by Crippen LogP contribution is 2.15. The molecule has 0 amide bonds. The van der Waals surface area contributed by atoms with E-state index in [1.54, 1.807) is 6.07 Å². The number of oxime groups is 1. The number of nitrogens with zero attached hydrogens (tertiary/aromatic N) is 1. The van der Waals surface area contributed by atoms with E-state index < -0.39 is 0 Å². The van der Waals surface area contributed by atoms with Crippen LogP contribution in [0.5, 0.6) is 0 Å². The van der Waals surface area contributed by atoms with Gasteiger partial charge in [0.1, 0.15) is 0 Å². The van der Waals surface area contributed by atoms with Crippen LogP contribution in [0.4, 0.5) is 5.69 Å². The van der Waals surface area contributed by atoms with Gasteiger partial charge in [0.2, 0.25) is 0 Å². The smallest absolute Gasteiger partial charge is 0.0854 e. The van der Waals surface area contributed by atoms with E-state index >= 15 is 0 Å². The van der Waals surface area contributed by atoms with Crippen molar-refractivity contribution in [1.82, 2.24) is 0 Å². The van der Waals surface area contributed by atoms with E-state index in [1.165, 1.54) is 17.6 Å². The lowest BCUT2D eigenvalue weighted by atomic mass is 10.4. The van der Waals surface area contributed by atoms with Gasteiger partial charge >= 0.3 is 0 Å². The normalized spacial score (nSPS) is 10.7. The number of rotatable bonds is 1. The van der Waals surface area contributed by atoms with E-state index in [9.17, 15) is 0 Å². The highest BCUT2D eigenvalue weighted by Gasteiger charge is 1.93. The predicted molar refractivity (Wildman–Crippen MR) is 38.1 cm³/mol. The number of anilines is 1. The van der Waals surface area contributed by atoms with Crippen molar-refractivity contribution in [2.75, 3.05) is 5.73 Å². The molecule has 0 bridgehead atoms. The van der Waals surface area contributed by atoms with E-state index in [4.69, 9.17) is 10.9 Å². The van der Waals surface area contributed by atoms with Crippen molar-refractivity contribution in [3.63, 3.8) is 0 Å². The van der Waals surface area contributed by atoms with E-state index in [1.807, 2.05) is 5.38 Å². The van der Waals surface area contributed by atoms with Crippen LogP contribution in [0.3, 0.4) is 0 Å². The molecule has 0 fully saturated rings. The van der Waals surface area contributed by atoms with E-state index in [2.05, 4.69) is 5.16 Å². The van der Waals surface area contributed by atoms with Gasteiger partial charge in [-0.15, -0.1) is 11.3 Å². The molecule has 0 aliphatic rings. The molecule has 0 aromatic carbocycles. The molecule has 4 heteroatoms. The predicted octanol–water partition coefficient (Wildman–Crippen LogP) is 1.14. The lowest BCUT2D eigenvalue weighted by molar-refractivity contribution is 0.322. The summed E-state index contributed by atoms with van der Waals surface area (Å²) in [6.45, 7) is 0. The minimum atomic E-state index is 0.651. The molecule has 1 heterocycles. The van der Waals surface area contributed by atoms with Gasteiger partial charge in [-0.3, -0.25) is 0 Å². The van der Waals surface area contributed by atoms with Gasteiger partial charge in [0.25, 0.3) is 0 Å². The summed E-state index contributed by atoms with van der Waals surface area (Å²) < 4.78 is 0. The molecule has 0 unspecified atom stereocenters. The van der Waals surface area contributed by atoms with Gasteiger partial charge in [0, 0.05) is 0 Å². The first kappa shape index (κ1) is 6.10. The second-order valence-electron chi connectivity index (χ2n) is 1.48. The molecule has 3 nitrogen and oxygen atoms in total. The fraction of sp³-hybridized carbons (Fsp3) is 0. The van der Waals surface area contributed by atoms with Crippen LogP contribution >= 0.6 is 11.3 Å². The summed E-state index contributed by atoms with van der Waals surface area (Å²) in [7, 11) is 0. The molecule has 0 saturated carbocycles. The molecule has 1 rings (SSSR count). The van der Waals surface area contributed by atoms with Gasteiger partial charge < -0.3 is 10.9 Å². The van der Waals surface area contributed by atoms with E-state index in [0.29, 0.717) is 5.69 Å². The Morgan fingerprint density at radius 3 is 3.00 bits per heavy atom. The quantitative estimate of drug-likeness (QED) is 0.351. The third-order valence-corrected chi connectivity index (χ3v) is 1.77. The van der Waals surface area contributed by atoms with Crippen LogP contribution in [-0.4, -0.2) is 11.4 Å². The zero-order valence-electron chi connectivity index (χ0n) is 4.61. The lowest BCUT2D eigenvalue weighted by Crippen LogP contribution is -1.85. The maximum absolute atomic E-state index is 8.08. The van der Waals surface area contributed by atoms with Crippen molar-refractivity contribution in [3.8, 4) is 0 Å². The van der Waals surface area contributed by atoms with Gasteiger partial charge in [0.15, 0.2) is 0 Å². The van der Waals surface area contributed by atoms with Gasteiger partial charge in [-0.25, -0.2) is 0 Å². The maximum atomic E-state index is 8.08. The molecule has 0 radical (unpaired) electrons. The van der Waals surface area contributed by atoms with Gasteiger partial charge in [0.05, 0.1) is 16.8 Å². The Labute approximate surface area is 56.4 Å². The Bertz CT molecular complexity index is 218. The zero-order chi connectivity index (χ0) is 6.69. The maximum Gasteiger partial charge on any atom is 0.0854 e. The van der Waals surface area contributed by atoms with Crippen LogP contribution in [0.25, 0.3) is 0 Å². The Morgan fingerprint density at radius 1 is 1.78 bits per heavy atom. The minimum absolute atomic E-state index is 0.651. The monoisotopic (exact) mass is 142 g/mol. The molecule has 3 N–H and O–H groups in total. The first-order chi connectivity index (χ1) is 4.34. The topological polar surface area (TPSA) is 58.6 Å². The Kier molecular flexibility index (Phi) is 1.69. The molecule has 1 aromatic rings. The minimum Gasteiger partial charge on any atom is -0.411 e. The van der Waals surface area contributed by atoms with Crippen LogP contribution < -0.4 is 5.73 Å². The molecule has 0 aliphatic carbocycles. The zero-order valence-corrected chi connectivity index (χ0v) is 5.43. The fourth-order valence-electron chi connectivity index (χ4n) is 0.488. The summed E-state index contributed by atoms with van der Waals surface area (Å²) in [6, 6.07) is 1.77. The van der Waals surface area contributed by atoms with Crippen LogP contribution in [0.1, 0.15) is 4.88 Å². The summed E-state index contributed by atoms with van der Waals surface area (Å²) in [5.41, 5.74) is 6.09. The second kappa shape index (κ2) is 2.50. The standard InChI is InChI=1S/C5H6N2OS/c6-4-1-2-9-5(4)3-7-8/h1-3,8H,6H2/b7-3+. The average Bonchev–Trinajstić information content (AvgIpc) is 2.18. The molecule has 48 valence electrons. The van der Waals surface area contributed by atoms with Crippen LogP contribution in [0, 0.1) is 0 Å². The molecule has 1 aromatic heterocycles. The Morgan fingerprint density at radius 2 is 2.56 bits per heavy atom. The number of hydrogen-bond acceptors (Lipinski definition) is 4. The van der Waals surface area contributed by atoms with E-state index in [-0.39, 0.29) is 0 Å². The summed E-state index contributed by atoms with van der Waals surface area (Å²) in [5, 5.41) is 12.8. The fourth-order valence-corrected chi connectivity index (χ4v) is 1.16. The third-order valence-electron chi connectivity index (χ3n) is 0.902. The summed E-state index contributed by atoms with van der Waals surface area (Å²) in [5.74, 6) is 0. The highest BCUT2D eigenvalue weighted by atomic mass is 32.1. The first-order valence-electron chi connectivity index (χ1n) is 2.35.